The van der Waals surface area contributed by atoms with Crippen LogP contribution in [0.25, 0.3) is 0 Å². The van der Waals surface area contributed by atoms with E-state index in [1.807, 2.05) is 0 Å². The van der Waals surface area contributed by atoms with Crippen molar-refractivity contribution in [3.63, 3.8) is 0 Å². The number of hydrazine groups is 1. The van der Waals surface area contributed by atoms with E-state index in [1.165, 1.54) is 0 Å². The molecule has 0 aromatic heterocycles. The lowest BCUT2D eigenvalue weighted by Crippen LogP contribution is -2.30. The first-order valence-corrected chi connectivity index (χ1v) is 4.95. The minimum Gasteiger partial charge on any atom is -0.386 e. The Hall–Kier alpha value is -0.780. The molecule has 0 spiro atoms. The molecule has 0 atom stereocenters. The van der Waals surface area contributed by atoms with Gasteiger partial charge in [-0.1, -0.05) is 27.5 Å². The Balaban J connectivity index is 3.32. The van der Waals surface area contributed by atoms with Crippen molar-refractivity contribution in [3.05, 3.63) is 27.2 Å². The van der Waals surface area contributed by atoms with Crippen LogP contribution in [0.4, 0.5) is 5.69 Å². The molecule has 4 nitrogen and oxygen atoms in total. The van der Waals surface area contributed by atoms with Crippen molar-refractivity contribution in [3.8, 4) is 0 Å². The lowest BCUT2D eigenvalue weighted by molar-refractivity contribution is 0.0954. The summed E-state index contributed by atoms with van der Waals surface area (Å²) in [5, 5.41) is 3.30. The lowest BCUT2D eigenvalue weighted by atomic mass is 10.1. The summed E-state index contributed by atoms with van der Waals surface area (Å²) in [4.78, 5) is 11.3. The predicted molar refractivity (Wildman–Crippen MR) is 60.4 cm³/mol. The molecule has 1 aromatic rings. The number of carbonyl (C=O) groups excluding carboxylic acids is 1. The fraction of sp³-hybridized carbons (Fsp3) is 0.125. The Morgan fingerprint density at radius 2 is 2.21 bits per heavy atom. The van der Waals surface area contributed by atoms with Gasteiger partial charge in [-0.05, 0) is 12.1 Å². The fourth-order valence-corrected chi connectivity index (χ4v) is 1.99. The number of hydrogen-bond donors (Lipinski definition) is 3. The van der Waals surface area contributed by atoms with Crippen LogP contribution >= 0.6 is 27.5 Å². The molecule has 0 heterocycles. The standard InChI is InChI=1S/C8H9BrClN3O/c1-12-7-5(8(14)13-11)2-4(9)3-6(7)10/h2-3,12H,11H2,1H3,(H,13,14). The molecule has 0 saturated carbocycles. The van der Waals surface area contributed by atoms with Gasteiger partial charge in [-0.25, -0.2) is 5.84 Å². The van der Waals surface area contributed by atoms with Gasteiger partial charge in [0.15, 0.2) is 0 Å². The average molecular weight is 279 g/mol. The molecule has 0 radical (unpaired) electrons. The molecule has 0 fully saturated rings. The van der Waals surface area contributed by atoms with E-state index in [-0.39, 0.29) is 0 Å². The van der Waals surface area contributed by atoms with Crippen molar-refractivity contribution in [2.45, 2.75) is 0 Å². The van der Waals surface area contributed by atoms with Crippen LogP contribution in [-0.2, 0) is 0 Å². The summed E-state index contributed by atoms with van der Waals surface area (Å²) in [7, 11) is 1.68. The molecule has 0 unspecified atom stereocenters. The Labute approximate surface area is 94.9 Å². The highest BCUT2D eigenvalue weighted by molar-refractivity contribution is 9.10. The molecular formula is C8H9BrClN3O. The van der Waals surface area contributed by atoms with Crippen LogP contribution in [0.15, 0.2) is 16.6 Å². The van der Waals surface area contributed by atoms with E-state index in [0.717, 1.165) is 4.47 Å². The molecule has 0 bridgehead atoms. The van der Waals surface area contributed by atoms with Gasteiger partial charge in [-0.2, -0.15) is 0 Å². The molecule has 1 amide bonds. The van der Waals surface area contributed by atoms with Crippen molar-refractivity contribution in [2.75, 3.05) is 12.4 Å². The molecule has 1 rings (SSSR count). The van der Waals surface area contributed by atoms with Crippen molar-refractivity contribution in [1.29, 1.82) is 0 Å². The smallest absolute Gasteiger partial charge is 0.267 e. The van der Waals surface area contributed by atoms with Gasteiger partial charge in [0.1, 0.15) is 0 Å². The third-order valence-electron chi connectivity index (χ3n) is 1.68. The van der Waals surface area contributed by atoms with Crippen LogP contribution in [0.2, 0.25) is 5.02 Å². The van der Waals surface area contributed by atoms with Gasteiger partial charge < -0.3 is 5.32 Å². The van der Waals surface area contributed by atoms with Gasteiger partial charge in [-0.15, -0.1) is 0 Å². The quantitative estimate of drug-likeness (QED) is 0.439. The zero-order chi connectivity index (χ0) is 10.7. The number of carbonyl (C=O) groups is 1. The summed E-state index contributed by atoms with van der Waals surface area (Å²) in [6.07, 6.45) is 0. The van der Waals surface area contributed by atoms with Crippen molar-refractivity contribution < 1.29 is 4.79 Å². The topological polar surface area (TPSA) is 67.2 Å². The number of halogens is 2. The van der Waals surface area contributed by atoms with Gasteiger partial charge in [0, 0.05) is 11.5 Å². The van der Waals surface area contributed by atoms with E-state index in [4.69, 9.17) is 17.4 Å². The molecule has 0 saturated heterocycles. The summed E-state index contributed by atoms with van der Waals surface area (Å²) < 4.78 is 0.722. The van der Waals surface area contributed by atoms with Gasteiger partial charge in [0.05, 0.1) is 16.3 Å². The van der Waals surface area contributed by atoms with Crippen LogP contribution in [0, 0.1) is 0 Å². The highest BCUT2D eigenvalue weighted by Crippen LogP contribution is 2.29. The minimum atomic E-state index is -0.391. The molecular weight excluding hydrogens is 269 g/mol. The first kappa shape index (κ1) is 11.3. The molecule has 0 aliphatic carbocycles. The van der Waals surface area contributed by atoms with Crippen LogP contribution < -0.4 is 16.6 Å². The SMILES string of the molecule is CNc1c(Cl)cc(Br)cc1C(=O)NN. The Bertz CT molecular complexity index is 370. The number of nitrogens with two attached hydrogens (primary N) is 1. The highest BCUT2D eigenvalue weighted by atomic mass is 79.9. The van der Waals surface area contributed by atoms with Crippen molar-refractivity contribution in [1.82, 2.24) is 5.43 Å². The summed E-state index contributed by atoms with van der Waals surface area (Å²) >= 11 is 9.16. The largest absolute Gasteiger partial charge is 0.386 e. The van der Waals surface area contributed by atoms with Gasteiger partial charge >= 0.3 is 0 Å². The second-order valence-corrected chi connectivity index (χ2v) is 3.86. The molecule has 0 aliphatic rings. The number of anilines is 1. The lowest BCUT2D eigenvalue weighted by Gasteiger charge is -2.10. The van der Waals surface area contributed by atoms with E-state index >= 15 is 0 Å². The summed E-state index contributed by atoms with van der Waals surface area (Å²) in [5.41, 5.74) is 3.00. The molecule has 0 aliphatic heterocycles. The zero-order valence-corrected chi connectivity index (χ0v) is 9.74. The summed E-state index contributed by atoms with van der Waals surface area (Å²) in [5.74, 6) is 4.65. The summed E-state index contributed by atoms with van der Waals surface area (Å²) in [6.45, 7) is 0. The van der Waals surface area contributed by atoms with Crippen LogP contribution in [0.5, 0.6) is 0 Å². The third-order valence-corrected chi connectivity index (χ3v) is 2.44. The first-order chi connectivity index (χ1) is 6.60. The van der Waals surface area contributed by atoms with Gasteiger partial charge in [-0.3, -0.25) is 10.2 Å². The third kappa shape index (κ3) is 2.17. The van der Waals surface area contributed by atoms with E-state index in [0.29, 0.717) is 16.3 Å². The molecule has 76 valence electrons. The van der Waals surface area contributed by atoms with Crippen LogP contribution in [0.1, 0.15) is 10.4 Å². The maximum Gasteiger partial charge on any atom is 0.267 e. The van der Waals surface area contributed by atoms with Crippen LogP contribution in [0.3, 0.4) is 0 Å². The molecule has 14 heavy (non-hydrogen) atoms. The number of amides is 1. The van der Waals surface area contributed by atoms with Gasteiger partial charge in [0.25, 0.3) is 5.91 Å². The second-order valence-electron chi connectivity index (χ2n) is 2.53. The number of hydrogen-bond acceptors (Lipinski definition) is 3. The number of benzene rings is 1. The second kappa shape index (κ2) is 4.63. The van der Waals surface area contributed by atoms with E-state index < -0.39 is 5.91 Å². The normalized spacial score (nSPS) is 9.71. The zero-order valence-electron chi connectivity index (χ0n) is 7.40. The molecule has 6 heteroatoms. The van der Waals surface area contributed by atoms with Crippen molar-refractivity contribution >= 4 is 39.1 Å². The fourth-order valence-electron chi connectivity index (χ4n) is 1.08. The Morgan fingerprint density at radius 1 is 1.57 bits per heavy atom. The molecule has 1 aromatic carbocycles. The van der Waals surface area contributed by atoms with E-state index in [9.17, 15) is 4.79 Å². The number of rotatable bonds is 2. The maximum atomic E-state index is 11.3. The Morgan fingerprint density at radius 3 is 2.71 bits per heavy atom. The Kier molecular flexibility index (Phi) is 3.74. The monoisotopic (exact) mass is 277 g/mol. The minimum absolute atomic E-state index is 0.391. The summed E-state index contributed by atoms with van der Waals surface area (Å²) in [6, 6.07) is 3.33. The number of nitrogen functional groups attached to an aromatic ring is 1. The van der Waals surface area contributed by atoms with E-state index in [1.54, 1.807) is 19.2 Å². The average Bonchev–Trinajstić information content (AvgIpc) is 2.15. The van der Waals surface area contributed by atoms with Crippen LogP contribution in [-0.4, -0.2) is 13.0 Å². The highest BCUT2D eigenvalue weighted by Gasteiger charge is 2.13. The first-order valence-electron chi connectivity index (χ1n) is 3.78. The van der Waals surface area contributed by atoms with Gasteiger partial charge in [0.2, 0.25) is 0 Å². The van der Waals surface area contributed by atoms with Crippen molar-refractivity contribution in [2.24, 2.45) is 5.84 Å². The predicted octanol–water partition coefficient (Wildman–Crippen LogP) is 1.75. The molecule has 4 N–H and O–H groups in total. The maximum absolute atomic E-state index is 11.3. The number of nitrogens with one attached hydrogen (secondary N) is 2. The van der Waals surface area contributed by atoms with E-state index in [2.05, 4.69) is 26.7 Å².